The molecule has 2 aromatic rings. The number of anilines is 1. The van der Waals surface area contributed by atoms with Crippen LogP contribution in [-0.2, 0) is 20.5 Å². The molecule has 2 N–H and O–H groups in total. The first-order valence-corrected chi connectivity index (χ1v) is 10.1. The van der Waals surface area contributed by atoms with Gasteiger partial charge in [-0.25, -0.2) is 4.79 Å². The fourth-order valence-electron chi connectivity index (χ4n) is 3.52. The van der Waals surface area contributed by atoms with Gasteiger partial charge in [0.15, 0.2) is 5.78 Å². The Hall–Kier alpha value is -3.48. The highest BCUT2D eigenvalue weighted by atomic mass is 16.2. The Morgan fingerprint density at radius 2 is 1.58 bits per heavy atom. The van der Waals surface area contributed by atoms with E-state index in [1.165, 1.54) is 6.92 Å². The van der Waals surface area contributed by atoms with Crippen LogP contribution in [0.3, 0.4) is 0 Å². The number of amides is 4. The first-order valence-electron chi connectivity index (χ1n) is 10.1. The van der Waals surface area contributed by atoms with E-state index in [4.69, 9.17) is 0 Å². The van der Waals surface area contributed by atoms with Crippen molar-refractivity contribution in [2.45, 2.75) is 45.6 Å². The van der Waals surface area contributed by atoms with E-state index in [1.807, 2.05) is 24.3 Å². The third kappa shape index (κ3) is 4.50. The summed E-state index contributed by atoms with van der Waals surface area (Å²) in [5.74, 6) is -1.05. The highest BCUT2D eigenvalue weighted by molar-refractivity contribution is 6.11. The van der Waals surface area contributed by atoms with Crippen molar-refractivity contribution in [2.24, 2.45) is 0 Å². The van der Waals surface area contributed by atoms with Crippen LogP contribution in [0.15, 0.2) is 48.5 Å². The minimum absolute atomic E-state index is 0.0314. The van der Waals surface area contributed by atoms with Crippen molar-refractivity contribution in [3.8, 4) is 0 Å². The summed E-state index contributed by atoms with van der Waals surface area (Å²) in [7, 11) is 0. The van der Waals surface area contributed by atoms with E-state index < -0.39 is 17.5 Å². The van der Waals surface area contributed by atoms with Crippen molar-refractivity contribution in [3.05, 3.63) is 65.2 Å². The van der Waals surface area contributed by atoms with Crippen LogP contribution in [0.2, 0.25) is 0 Å². The van der Waals surface area contributed by atoms with Gasteiger partial charge in [-0.05, 0) is 47.7 Å². The second-order valence-corrected chi connectivity index (χ2v) is 8.96. The maximum atomic E-state index is 13.1. The average molecular weight is 421 g/mol. The molecule has 0 aliphatic carbocycles. The highest BCUT2D eigenvalue weighted by Gasteiger charge is 2.49. The van der Waals surface area contributed by atoms with Gasteiger partial charge in [-0.3, -0.25) is 19.3 Å². The molecule has 0 bridgehead atoms. The van der Waals surface area contributed by atoms with Crippen LogP contribution < -0.4 is 10.6 Å². The molecule has 31 heavy (non-hydrogen) atoms. The number of hydrogen-bond donors (Lipinski definition) is 2. The van der Waals surface area contributed by atoms with Crippen molar-refractivity contribution in [3.63, 3.8) is 0 Å². The summed E-state index contributed by atoms with van der Waals surface area (Å²) in [6, 6.07) is 13.3. The van der Waals surface area contributed by atoms with E-state index in [0.29, 0.717) is 16.8 Å². The number of ketones is 1. The predicted molar refractivity (Wildman–Crippen MR) is 118 cm³/mol. The summed E-state index contributed by atoms with van der Waals surface area (Å²) >= 11 is 0. The number of nitrogens with one attached hydrogen (secondary N) is 2. The Labute approximate surface area is 181 Å². The summed E-state index contributed by atoms with van der Waals surface area (Å²) < 4.78 is 0. The number of hydrogen-bond acceptors (Lipinski definition) is 4. The number of carbonyl (C=O) groups excluding carboxylic acids is 4. The van der Waals surface area contributed by atoms with Gasteiger partial charge < -0.3 is 10.6 Å². The molecular formula is C24H27N3O4. The zero-order valence-corrected chi connectivity index (χ0v) is 18.4. The number of urea groups is 1. The number of imide groups is 1. The van der Waals surface area contributed by atoms with Gasteiger partial charge in [-0.15, -0.1) is 0 Å². The Morgan fingerprint density at radius 3 is 2.10 bits per heavy atom. The summed E-state index contributed by atoms with van der Waals surface area (Å²) in [5, 5.41) is 5.35. The van der Waals surface area contributed by atoms with E-state index in [1.54, 1.807) is 31.2 Å². The first-order chi connectivity index (χ1) is 14.4. The van der Waals surface area contributed by atoms with Gasteiger partial charge in [0.2, 0.25) is 5.91 Å². The predicted octanol–water partition coefficient (Wildman–Crippen LogP) is 3.59. The molecular weight excluding hydrogens is 394 g/mol. The van der Waals surface area contributed by atoms with Crippen molar-refractivity contribution >= 4 is 29.3 Å². The molecule has 0 spiro atoms. The SMILES string of the molecule is CC(=O)Nc1ccc(C(=O)CN2C(=O)NC(C)(c3ccc(C(C)(C)C)cc3)C2=O)cc1. The lowest BCUT2D eigenvalue weighted by molar-refractivity contribution is -0.130. The smallest absolute Gasteiger partial charge is 0.325 e. The topological polar surface area (TPSA) is 95.6 Å². The minimum Gasteiger partial charge on any atom is -0.326 e. The average Bonchev–Trinajstić information content (AvgIpc) is 2.91. The molecule has 4 amide bonds. The van der Waals surface area contributed by atoms with Gasteiger partial charge >= 0.3 is 6.03 Å². The number of rotatable bonds is 5. The summed E-state index contributed by atoms with van der Waals surface area (Å²) in [6.45, 7) is 8.98. The second-order valence-electron chi connectivity index (χ2n) is 8.96. The second kappa shape index (κ2) is 7.98. The van der Waals surface area contributed by atoms with Crippen molar-refractivity contribution in [1.29, 1.82) is 0 Å². The van der Waals surface area contributed by atoms with Crippen LogP contribution in [0.4, 0.5) is 10.5 Å². The molecule has 0 radical (unpaired) electrons. The summed E-state index contributed by atoms with van der Waals surface area (Å²) in [4.78, 5) is 50.4. The molecule has 162 valence electrons. The summed E-state index contributed by atoms with van der Waals surface area (Å²) in [5.41, 5.74) is 1.42. The van der Waals surface area contributed by atoms with Crippen LogP contribution in [0.5, 0.6) is 0 Å². The fraction of sp³-hybridized carbons (Fsp3) is 0.333. The zero-order chi connectivity index (χ0) is 23.0. The van der Waals surface area contributed by atoms with Crippen molar-refractivity contribution < 1.29 is 19.2 Å². The van der Waals surface area contributed by atoms with Gasteiger partial charge in [0.25, 0.3) is 5.91 Å². The molecule has 3 rings (SSSR count). The Balaban J connectivity index is 1.76. The molecule has 1 atom stereocenters. The molecule has 7 heteroatoms. The molecule has 1 aliphatic rings. The third-order valence-corrected chi connectivity index (χ3v) is 5.43. The molecule has 2 aromatic carbocycles. The maximum Gasteiger partial charge on any atom is 0.325 e. The minimum atomic E-state index is -1.23. The normalized spacial score (nSPS) is 18.7. The maximum absolute atomic E-state index is 13.1. The molecule has 1 fully saturated rings. The van der Waals surface area contributed by atoms with Crippen molar-refractivity contribution in [1.82, 2.24) is 10.2 Å². The molecule has 7 nitrogen and oxygen atoms in total. The van der Waals surface area contributed by atoms with Gasteiger partial charge in [-0.1, -0.05) is 45.0 Å². The quantitative estimate of drug-likeness (QED) is 0.570. The molecule has 1 heterocycles. The molecule has 0 aromatic heterocycles. The Kier molecular flexibility index (Phi) is 5.72. The molecule has 1 saturated heterocycles. The lowest BCUT2D eigenvalue weighted by Gasteiger charge is -2.24. The standard InChI is InChI=1S/C24H27N3O4/c1-15(28)25-19-12-6-16(7-13-19)20(29)14-27-21(30)24(5,26-22(27)31)18-10-8-17(9-11-18)23(2,3)4/h6-13H,14H2,1-5H3,(H,25,28)(H,26,31). The van der Waals surface area contributed by atoms with E-state index >= 15 is 0 Å². The third-order valence-electron chi connectivity index (χ3n) is 5.43. The van der Waals surface area contributed by atoms with E-state index in [2.05, 4.69) is 31.4 Å². The van der Waals surface area contributed by atoms with Gasteiger partial charge in [0, 0.05) is 18.2 Å². The van der Waals surface area contributed by atoms with E-state index in [9.17, 15) is 19.2 Å². The Morgan fingerprint density at radius 1 is 1.00 bits per heavy atom. The summed E-state index contributed by atoms with van der Waals surface area (Å²) in [6.07, 6.45) is 0. The highest BCUT2D eigenvalue weighted by Crippen LogP contribution is 2.31. The monoisotopic (exact) mass is 421 g/mol. The molecule has 1 aliphatic heterocycles. The number of benzene rings is 2. The number of carbonyl (C=O) groups is 4. The van der Waals surface area contributed by atoms with Crippen LogP contribution >= 0.6 is 0 Å². The zero-order valence-electron chi connectivity index (χ0n) is 18.4. The fourth-order valence-corrected chi connectivity index (χ4v) is 3.52. The first kappa shape index (κ1) is 22.2. The van der Waals surface area contributed by atoms with Crippen LogP contribution in [0.25, 0.3) is 0 Å². The Bertz CT molecular complexity index is 1040. The van der Waals surface area contributed by atoms with Crippen LogP contribution in [-0.4, -0.2) is 35.1 Å². The van der Waals surface area contributed by atoms with Gasteiger partial charge in [0.05, 0.1) is 6.54 Å². The van der Waals surface area contributed by atoms with Crippen molar-refractivity contribution in [2.75, 3.05) is 11.9 Å². The van der Waals surface area contributed by atoms with E-state index in [0.717, 1.165) is 10.5 Å². The lowest BCUT2D eigenvalue weighted by atomic mass is 9.84. The number of Topliss-reactive ketones (excluding diaryl/α,β-unsaturated/α-hetero) is 1. The largest absolute Gasteiger partial charge is 0.326 e. The van der Waals surface area contributed by atoms with Crippen LogP contribution in [0, 0.1) is 0 Å². The van der Waals surface area contributed by atoms with E-state index in [-0.39, 0.29) is 23.7 Å². The number of nitrogens with zero attached hydrogens (tertiary/aromatic N) is 1. The van der Waals surface area contributed by atoms with Gasteiger partial charge in [-0.2, -0.15) is 0 Å². The molecule has 1 unspecified atom stereocenters. The lowest BCUT2D eigenvalue weighted by Crippen LogP contribution is -2.41. The van der Waals surface area contributed by atoms with Gasteiger partial charge in [0.1, 0.15) is 5.54 Å². The molecule has 0 saturated carbocycles. The van der Waals surface area contributed by atoms with Crippen LogP contribution in [0.1, 0.15) is 56.1 Å².